The molecule has 1 aromatic carbocycles. The molecule has 0 bridgehead atoms. The fourth-order valence-corrected chi connectivity index (χ4v) is 2.58. The zero-order chi connectivity index (χ0) is 13.7. The van der Waals surface area contributed by atoms with Gasteiger partial charge in [-0.2, -0.15) is 8.78 Å². The minimum absolute atomic E-state index is 0.0874. The summed E-state index contributed by atoms with van der Waals surface area (Å²) >= 11 is 0. The van der Waals surface area contributed by atoms with Crippen molar-refractivity contribution in [2.45, 2.75) is 45.1 Å². The Labute approximate surface area is 111 Å². The first-order valence-corrected chi connectivity index (χ1v) is 6.76. The van der Waals surface area contributed by atoms with Gasteiger partial charge in [0.1, 0.15) is 5.75 Å². The summed E-state index contributed by atoms with van der Waals surface area (Å²) in [5, 5.41) is 0. The van der Waals surface area contributed by atoms with Crippen LogP contribution in [0.15, 0.2) is 24.3 Å². The van der Waals surface area contributed by atoms with E-state index in [1.54, 1.807) is 12.1 Å². The molecule has 1 aliphatic rings. The molecule has 1 aromatic rings. The second-order valence-electron chi connectivity index (χ2n) is 4.96. The molecular weight excluding hydrogens is 250 g/mol. The SMILES string of the molecule is O=C(c1ccc(OC(F)F)cc1)C1CCCCCC1. The van der Waals surface area contributed by atoms with Crippen molar-refractivity contribution in [1.82, 2.24) is 0 Å². The van der Waals surface area contributed by atoms with Crippen molar-refractivity contribution < 1.29 is 18.3 Å². The Bertz CT molecular complexity index is 407. The van der Waals surface area contributed by atoms with E-state index in [9.17, 15) is 13.6 Å². The molecule has 0 aromatic heterocycles. The topological polar surface area (TPSA) is 26.3 Å². The molecule has 2 rings (SSSR count). The summed E-state index contributed by atoms with van der Waals surface area (Å²) in [4.78, 5) is 12.3. The first-order chi connectivity index (χ1) is 9.16. The summed E-state index contributed by atoms with van der Waals surface area (Å²) in [5.41, 5.74) is 0.591. The number of hydrogen-bond acceptors (Lipinski definition) is 2. The molecule has 1 aliphatic carbocycles. The number of benzene rings is 1. The van der Waals surface area contributed by atoms with Gasteiger partial charge >= 0.3 is 6.61 Å². The van der Waals surface area contributed by atoms with E-state index in [1.165, 1.54) is 25.0 Å². The van der Waals surface area contributed by atoms with Gasteiger partial charge in [0, 0.05) is 11.5 Å². The lowest BCUT2D eigenvalue weighted by atomic mass is 9.91. The predicted molar refractivity (Wildman–Crippen MR) is 68.6 cm³/mol. The summed E-state index contributed by atoms with van der Waals surface area (Å²) in [6.07, 6.45) is 6.48. The van der Waals surface area contributed by atoms with Gasteiger partial charge in [0.15, 0.2) is 5.78 Å². The van der Waals surface area contributed by atoms with Crippen LogP contribution < -0.4 is 4.74 Å². The summed E-state index contributed by atoms with van der Waals surface area (Å²) in [5.74, 6) is 0.308. The van der Waals surface area contributed by atoms with E-state index in [-0.39, 0.29) is 17.5 Å². The van der Waals surface area contributed by atoms with Crippen molar-refractivity contribution in [3.8, 4) is 5.75 Å². The van der Waals surface area contributed by atoms with Gasteiger partial charge in [-0.05, 0) is 37.1 Å². The third-order valence-corrected chi connectivity index (χ3v) is 3.59. The number of Topliss-reactive ketones (excluding diaryl/α,β-unsaturated/α-hetero) is 1. The predicted octanol–water partition coefficient (Wildman–Crippen LogP) is 4.44. The summed E-state index contributed by atoms with van der Waals surface area (Å²) < 4.78 is 28.3. The van der Waals surface area contributed by atoms with Gasteiger partial charge in [0.05, 0.1) is 0 Å². The van der Waals surface area contributed by atoms with Crippen molar-refractivity contribution in [1.29, 1.82) is 0 Å². The standard InChI is InChI=1S/C15H18F2O2/c16-15(17)19-13-9-7-12(8-10-13)14(18)11-5-3-1-2-4-6-11/h7-11,15H,1-6H2. The molecule has 0 unspecified atom stereocenters. The van der Waals surface area contributed by atoms with Crippen molar-refractivity contribution in [3.05, 3.63) is 29.8 Å². The minimum atomic E-state index is -2.83. The molecule has 0 N–H and O–H groups in total. The van der Waals surface area contributed by atoms with Crippen molar-refractivity contribution in [2.24, 2.45) is 5.92 Å². The lowest BCUT2D eigenvalue weighted by Gasteiger charge is -2.13. The number of halogens is 2. The molecule has 1 fully saturated rings. The molecule has 0 radical (unpaired) electrons. The first kappa shape index (κ1) is 14.0. The number of carbonyl (C=O) groups excluding carboxylic acids is 1. The molecule has 0 saturated heterocycles. The lowest BCUT2D eigenvalue weighted by Crippen LogP contribution is -2.14. The van der Waals surface area contributed by atoms with Crippen LogP contribution in [0, 0.1) is 5.92 Å². The maximum atomic E-state index is 12.3. The second kappa shape index (κ2) is 6.64. The Balaban J connectivity index is 2.02. The van der Waals surface area contributed by atoms with E-state index in [0.29, 0.717) is 5.56 Å². The highest BCUT2D eigenvalue weighted by Gasteiger charge is 2.21. The summed E-state index contributed by atoms with van der Waals surface area (Å²) in [6.45, 7) is -2.83. The quantitative estimate of drug-likeness (QED) is 0.596. The highest BCUT2D eigenvalue weighted by atomic mass is 19.3. The average Bonchev–Trinajstić information content (AvgIpc) is 2.67. The molecule has 0 amide bonds. The van der Waals surface area contributed by atoms with Crippen molar-refractivity contribution >= 4 is 5.78 Å². The number of rotatable bonds is 4. The number of ether oxygens (including phenoxy) is 1. The summed E-state index contributed by atoms with van der Waals surface area (Å²) in [6, 6.07) is 6.00. The van der Waals surface area contributed by atoms with E-state index < -0.39 is 6.61 Å². The van der Waals surface area contributed by atoms with Crippen LogP contribution in [-0.4, -0.2) is 12.4 Å². The van der Waals surface area contributed by atoms with E-state index in [4.69, 9.17) is 0 Å². The van der Waals surface area contributed by atoms with Crippen LogP contribution in [-0.2, 0) is 0 Å². The molecule has 0 atom stereocenters. The number of ketones is 1. The lowest BCUT2D eigenvalue weighted by molar-refractivity contribution is -0.0498. The van der Waals surface area contributed by atoms with Gasteiger partial charge < -0.3 is 4.74 Å². The normalized spacial score (nSPS) is 17.2. The molecule has 2 nitrogen and oxygen atoms in total. The third-order valence-electron chi connectivity index (χ3n) is 3.59. The number of carbonyl (C=O) groups is 1. The Morgan fingerprint density at radius 2 is 1.63 bits per heavy atom. The maximum absolute atomic E-state index is 12.3. The molecule has 0 aliphatic heterocycles. The maximum Gasteiger partial charge on any atom is 0.387 e. The van der Waals surface area contributed by atoms with Gasteiger partial charge in [0.2, 0.25) is 0 Å². The van der Waals surface area contributed by atoms with Gasteiger partial charge in [-0.3, -0.25) is 4.79 Å². The molecule has 4 heteroatoms. The Hall–Kier alpha value is -1.45. The number of alkyl halides is 2. The van der Waals surface area contributed by atoms with Crippen LogP contribution >= 0.6 is 0 Å². The zero-order valence-corrected chi connectivity index (χ0v) is 10.8. The highest BCUT2D eigenvalue weighted by Crippen LogP contribution is 2.26. The van der Waals surface area contributed by atoms with Crippen LogP contribution in [0.2, 0.25) is 0 Å². The minimum Gasteiger partial charge on any atom is -0.435 e. The largest absolute Gasteiger partial charge is 0.435 e. The Morgan fingerprint density at radius 1 is 1.05 bits per heavy atom. The van der Waals surface area contributed by atoms with Gasteiger partial charge in [0.25, 0.3) is 0 Å². The van der Waals surface area contributed by atoms with Crippen LogP contribution in [0.3, 0.4) is 0 Å². The smallest absolute Gasteiger partial charge is 0.387 e. The summed E-state index contributed by atoms with van der Waals surface area (Å²) in [7, 11) is 0. The van der Waals surface area contributed by atoms with E-state index in [1.807, 2.05) is 0 Å². The van der Waals surface area contributed by atoms with Crippen LogP contribution in [0.1, 0.15) is 48.9 Å². The zero-order valence-electron chi connectivity index (χ0n) is 10.8. The molecule has 104 valence electrons. The first-order valence-electron chi connectivity index (χ1n) is 6.76. The Kier molecular flexibility index (Phi) is 4.88. The second-order valence-corrected chi connectivity index (χ2v) is 4.96. The Morgan fingerprint density at radius 3 is 2.16 bits per heavy atom. The number of hydrogen-bond donors (Lipinski definition) is 0. The average molecular weight is 268 g/mol. The molecule has 1 saturated carbocycles. The van der Waals surface area contributed by atoms with Gasteiger partial charge in [-0.1, -0.05) is 25.7 Å². The van der Waals surface area contributed by atoms with E-state index >= 15 is 0 Å². The van der Waals surface area contributed by atoms with Crippen LogP contribution in [0.25, 0.3) is 0 Å². The van der Waals surface area contributed by atoms with Crippen molar-refractivity contribution in [2.75, 3.05) is 0 Å². The molecule has 0 heterocycles. The highest BCUT2D eigenvalue weighted by molar-refractivity contribution is 5.97. The van der Waals surface area contributed by atoms with Gasteiger partial charge in [-0.25, -0.2) is 0 Å². The van der Waals surface area contributed by atoms with Crippen molar-refractivity contribution in [3.63, 3.8) is 0 Å². The van der Waals surface area contributed by atoms with Crippen LogP contribution in [0.4, 0.5) is 8.78 Å². The molecular formula is C15H18F2O2. The van der Waals surface area contributed by atoms with Gasteiger partial charge in [-0.15, -0.1) is 0 Å². The fourth-order valence-electron chi connectivity index (χ4n) is 2.58. The van der Waals surface area contributed by atoms with E-state index in [0.717, 1.165) is 25.7 Å². The molecule has 0 spiro atoms. The third kappa shape index (κ3) is 4.01. The van der Waals surface area contributed by atoms with Crippen LogP contribution in [0.5, 0.6) is 5.75 Å². The monoisotopic (exact) mass is 268 g/mol. The fraction of sp³-hybridized carbons (Fsp3) is 0.533. The van der Waals surface area contributed by atoms with E-state index in [2.05, 4.69) is 4.74 Å². The molecule has 19 heavy (non-hydrogen) atoms.